The fraction of sp³-hybridized carbons (Fsp3) is 0.216. The van der Waals surface area contributed by atoms with Gasteiger partial charge in [-0.25, -0.2) is 4.68 Å². The first-order chi connectivity index (χ1) is 20.3. The van der Waals surface area contributed by atoms with Crippen LogP contribution in [0.1, 0.15) is 56.4 Å². The van der Waals surface area contributed by atoms with Crippen LogP contribution in [0.4, 0.5) is 11.4 Å². The van der Waals surface area contributed by atoms with Crippen LogP contribution in [0.25, 0.3) is 28.1 Å². The number of para-hydroxylation sites is 2. The van der Waals surface area contributed by atoms with Gasteiger partial charge in [0.2, 0.25) is 0 Å². The van der Waals surface area contributed by atoms with E-state index in [-0.39, 0.29) is 5.75 Å². The molecule has 1 aliphatic rings. The van der Waals surface area contributed by atoms with Crippen molar-refractivity contribution in [1.82, 2.24) is 9.78 Å². The van der Waals surface area contributed by atoms with Crippen LogP contribution in [-0.2, 0) is 0 Å². The molecule has 0 saturated carbocycles. The summed E-state index contributed by atoms with van der Waals surface area (Å²) >= 11 is 0. The van der Waals surface area contributed by atoms with Crippen molar-refractivity contribution in [2.45, 2.75) is 46.5 Å². The highest BCUT2D eigenvalue weighted by molar-refractivity contribution is 5.76. The van der Waals surface area contributed by atoms with E-state index in [9.17, 15) is 5.11 Å². The largest absolute Gasteiger partial charge is 0.506 e. The Morgan fingerprint density at radius 3 is 2.00 bits per heavy atom. The molecule has 1 aromatic heterocycles. The molecule has 1 aliphatic heterocycles. The Bertz CT molecular complexity index is 1720. The van der Waals surface area contributed by atoms with Crippen LogP contribution in [0, 0.1) is 6.92 Å². The number of phenolic OH excluding ortho intramolecular Hbond substituents is 1. The SMILES string of the molecule is Cc1cc(-c2cccc(N3C=CN(c4c(C(C)C)cc(-c5ccccc5)cc4C(C)C)C3)c2)nn1-c1ccccc1O. The molecule has 5 nitrogen and oxygen atoms in total. The molecular formula is C37H38N4O. The van der Waals surface area contributed by atoms with Crippen molar-refractivity contribution < 1.29 is 5.11 Å². The van der Waals surface area contributed by atoms with Crippen LogP contribution in [0.3, 0.4) is 0 Å². The smallest absolute Gasteiger partial charge is 0.141 e. The lowest BCUT2D eigenvalue weighted by Crippen LogP contribution is -2.26. The first-order valence-electron chi connectivity index (χ1n) is 14.7. The first kappa shape index (κ1) is 27.4. The Labute approximate surface area is 249 Å². The average molecular weight is 555 g/mol. The Hall–Kier alpha value is -4.77. The number of hydrogen-bond donors (Lipinski definition) is 1. The predicted octanol–water partition coefficient (Wildman–Crippen LogP) is 9.22. The van der Waals surface area contributed by atoms with Crippen LogP contribution < -0.4 is 9.80 Å². The molecule has 0 spiro atoms. The summed E-state index contributed by atoms with van der Waals surface area (Å²) in [6.45, 7) is 11.9. The maximum atomic E-state index is 10.4. The van der Waals surface area contributed by atoms with Crippen molar-refractivity contribution in [1.29, 1.82) is 0 Å². The number of anilines is 2. The lowest BCUT2D eigenvalue weighted by Gasteiger charge is -2.29. The maximum Gasteiger partial charge on any atom is 0.141 e. The minimum Gasteiger partial charge on any atom is -0.506 e. The van der Waals surface area contributed by atoms with Crippen molar-refractivity contribution >= 4 is 11.4 Å². The summed E-state index contributed by atoms with van der Waals surface area (Å²) in [5, 5.41) is 15.2. The van der Waals surface area contributed by atoms with Gasteiger partial charge in [0.25, 0.3) is 0 Å². The molecule has 0 atom stereocenters. The summed E-state index contributed by atoms with van der Waals surface area (Å²) in [5.41, 5.74) is 11.2. The van der Waals surface area contributed by atoms with Crippen LogP contribution in [0.15, 0.2) is 109 Å². The number of hydrogen-bond acceptors (Lipinski definition) is 4. The van der Waals surface area contributed by atoms with Crippen LogP contribution in [0.5, 0.6) is 5.75 Å². The van der Waals surface area contributed by atoms with Gasteiger partial charge in [-0.1, -0.05) is 82.3 Å². The zero-order valence-corrected chi connectivity index (χ0v) is 25.0. The second-order valence-electron chi connectivity index (χ2n) is 11.7. The van der Waals surface area contributed by atoms with Gasteiger partial charge in [-0.3, -0.25) is 0 Å². The fourth-order valence-corrected chi connectivity index (χ4v) is 5.77. The van der Waals surface area contributed by atoms with Gasteiger partial charge in [0.05, 0.1) is 12.4 Å². The van der Waals surface area contributed by atoms with Crippen LogP contribution >= 0.6 is 0 Å². The standard InChI is InChI=1S/C37H38N4O/c1-25(2)32-22-30(28-12-7-6-8-13-28)23-33(26(3)4)37(32)40-19-18-39(24-40)31-15-11-14-29(21-31)34-20-27(5)41(38-34)35-16-9-10-17-36(35)42/h6-23,25-26,42H,24H2,1-5H3. The number of aryl methyl sites for hydroxylation is 1. The molecule has 212 valence electrons. The Kier molecular flexibility index (Phi) is 7.34. The predicted molar refractivity (Wildman–Crippen MR) is 174 cm³/mol. The lowest BCUT2D eigenvalue weighted by molar-refractivity contribution is 0.470. The third-order valence-electron chi connectivity index (χ3n) is 8.01. The topological polar surface area (TPSA) is 44.5 Å². The normalized spacial score (nSPS) is 13.1. The summed E-state index contributed by atoms with van der Waals surface area (Å²) in [4.78, 5) is 4.68. The highest BCUT2D eigenvalue weighted by Crippen LogP contribution is 2.41. The molecule has 42 heavy (non-hydrogen) atoms. The van der Waals surface area contributed by atoms with Crippen molar-refractivity contribution in [2.75, 3.05) is 16.5 Å². The van der Waals surface area contributed by atoms with E-state index in [1.807, 2.05) is 25.1 Å². The maximum absolute atomic E-state index is 10.4. The monoisotopic (exact) mass is 554 g/mol. The van der Waals surface area contributed by atoms with Gasteiger partial charge in [0.15, 0.2) is 0 Å². The number of nitrogens with zero attached hydrogens (tertiary/aromatic N) is 4. The number of benzene rings is 4. The molecule has 0 unspecified atom stereocenters. The van der Waals surface area contributed by atoms with E-state index in [0.29, 0.717) is 17.5 Å². The molecule has 5 aromatic rings. The third-order valence-corrected chi connectivity index (χ3v) is 8.01. The van der Waals surface area contributed by atoms with Crippen molar-refractivity contribution in [3.05, 3.63) is 126 Å². The molecule has 6 rings (SSSR count). The second-order valence-corrected chi connectivity index (χ2v) is 11.7. The van der Waals surface area contributed by atoms with Crippen molar-refractivity contribution in [3.8, 4) is 33.8 Å². The summed E-state index contributed by atoms with van der Waals surface area (Å²) in [5.74, 6) is 0.980. The average Bonchev–Trinajstić information content (AvgIpc) is 3.64. The molecule has 0 saturated heterocycles. The number of aromatic hydroxyl groups is 1. The minimum absolute atomic E-state index is 0.213. The van der Waals surface area contributed by atoms with Gasteiger partial charge in [-0.15, -0.1) is 0 Å². The van der Waals surface area contributed by atoms with E-state index in [0.717, 1.165) is 29.3 Å². The van der Waals surface area contributed by atoms with E-state index in [2.05, 4.69) is 123 Å². The third kappa shape index (κ3) is 5.18. The molecule has 1 N–H and O–H groups in total. The van der Waals surface area contributed by atoms with Gasteiger partial charge in [-0.05, 0) is 83.5 Å². The Balaban J connectivity index is 1.31. The summed E-state index contributed by atoms with van der Waals surface area (Å²) < 4.78 is 1.80. The first-order valence-corrected chi connectivity index (χ1v) is 14.7. The lowest BCUT2D eigenvalue weighted by atomic mass is 9.88. The van der Waals surface area contributed by atoms with Crippen molar-refractivity contribution in [2.24, 2.45) is 0 Å². The number of phenols is 1. The summed E-state index contributed by atoms with van der Waals surface area (Å²) in [6, 6.07) is 33.3. The molecule has 4 aromatic carbocycles. The number of rotatable bonds is 7. The molecule has 0 bridgehead atoms. The fourth-order valence-electron chi connectivity index (χ4n) is 5.77. The second kappa shape index (κ2) is 11.2. The van der Waals surface area contributed by atoms with Gasteiger partial charge < -0.3 is 14.9 Å². The summed E-state index contributed by atoms with van der Waals surface area (Å²) in [6.07, 6.45) is 4.38. The van der Waals surface area contributed by atoms with E-state index >= 15 is 0 Å². The van der Waals surface area contributed by atoms with E-state index < -0.39 is 0 Å². The highest BCUT2D eigenvalue weighted by atomic mass is 16.3. The van der Waals surface area contributed by atoms with E-state index in [1.54, 1.807) is 10.7 Å². The zero-order chi connectivity index (χ0) is 29.4. The molecule has 5 heteroatoms. The van der Waals surface area contributed by atoms with E-state index in [4.69, 9.17) is 5.10 Å². The zero-order valence-electron chi connectivity index (χ0n) is 25.0. The Morgan fingerprint density at radius 1 is 0.667 bits per heavy atom. The molecule has 0 amide bonds. The van der Waals surface area contributed by atoms with Gasteiger partial charge in [0.1, 0.15) is 11.4 Å². The molecule has 0 aliphatic carbocycles. The van der Waals surface area contributed by atoms with Crippen molar-refractivity contribution in [3.63, 3.8) is 0 Å². The Morgan fingerprint density at radius 2 is 1.31 bits per heavy atom. The molecular weight excluding hydrogens is 516 g/mol. The molecule has 2 heterocycles. The summed E-state index contributed by atoms with van der Waals surface area (Å²) in [7, 11) is 0. The van der Waals surface area contributed by atoms with E-state index in [1.165, 1.54) is 27.9 Å². The van der Waals surface area contributed by atoms with Crippen LogP contribution in [-0.4, -0.2) is 21.6 Å². The number of aromatic nitrogens is 2. The van der Waals surface area contributed by atoms with Gasteiger partial charge in [-0.2, -0.15) is 5.10 Å². The van der Waals surface area contributed by atoms with Gasteiger partial charge >= 0.3 is 0 Å². The minimum atomic E-state index is 0.213. The molecule has 0 radical (unpaired) electrons. The quantitative estimate of drug-likeness (QED) is 0.218. The van der Waals surface area contributed by atoms with Crippen LogP contribution in [0.2, 0.25) is 0 Å². The van der Waals surface area contributed by atoms with Gasteiger partial charge in [0, 0.05) is 35.0 Å². The highest BCUT2D eigenvalue weighted by Gasteiger charge is 2.24. The molecule has 0 fully saturated rings.